The lowest BCUT2D eigenvalue weighted by Gasteiger charge is -2.30. The number of benzene rings is 1. The quantitative estimate of drug-likeness (QED) is 0.833. The van der Waals surface area contributed by atoms with Crippen LogP contribution in [0.4, 0.5) is 0 Å². The zero-order chi connectivity index (χ0) is 17.7. The summed E-state index contributed by atoms with van der Waals surface area (Å²) in [6.45, 7) is 2.12. The highest BCUT2D eigenvalue weighted by Crippen LogP contribution is 2.22. The standard InChI is InChI=1S/C17H21NO6/c1-11-4-3-5-13(15(11)20)17(22)24-10-14(19)18-8-6-12(7-9-18)16(21)23-2/h3-5,12,20H,6-10H2,1-2H3. The molecule has 1 saturated heterocycles. The van der Waals surface area contributed by atoms with E-state index in [0.717, 1.165) is 0 Å². The molecule has 0 saturated carbocycles. The van der Waals surface area contributed by atoms with Crippen LogP contribution in [0.2, 0.25) is 0 Å². The smallest absolute Gasteiger partial charge is 0.342 e. The first-order valence-corrected chi connectivity index (χ1v) is 7.75. The number of aromatic hydroxyl groups is 1. The molecule has 0 aromatic heterocycles. The number of nitrogens with zero attached hydrogens (tertiary/aromatic N) is 1. The number of piperidine rings is 1. The monoisotopic (exact) mass is 335 g/mol. The van der Waals surface area contributed by atoms with Crippen LogP contribution in [0, 0.1) is 12.8 Å². The highest BCUT2D eigenvalue weighted by molar-refractivity contribution is 5.94. The molecule has 0 unspecified atom stereocenters. The molecule has 7 heteroatoms. The van der Waals surface area contributed by atoms with Gasteiger partial charge in [0.05, 0.1) is 13.0 Å². The molecular formula is C17H21NO6. The van der Waals surface area contributed by atoms with Gasteiger partial charge in [-0.25, -0.2) is 4.79 Å². The van der Waals surface area contributed by atoms with Crippen molar-refractivity contribution in [3.8, 4) is 5.75 Å². The molecule has 24 heavy (non-hydrogen) atoms. The number of carbonyl (C=O) groups excluding carboxylic acids is 3. The number of amides is 1. The third kappa shape index (κ3) is 4.04. The fraction of sp³-hybridized carbons (Fsp3) is 0.471. The van der Waals surface area contributed by atoms with E-state index in [1.165, 1.54) is 13.2 Å². The number of phenolic OH excluding ortho intramolecular Hbond substituents is 1. The maximum atomic E-state index is 12.1. The van der Waals surface area contributed by atoms with E-state index in [-0.39, 0.29) is 29.1 Å². The van der Waals surface area contributed by atoms with Gasteiger partial charge in [0.2, 0.25) is 0 Å². The van der Waals surface area contributed by atoms with Gasteiger partial charge in [0.1, 0.15) is 11.3 Å². The summed E-state index contributed by atoms with van der Waals surface area (Å²) in [5, 5.41) is 9.85. The number of para-hydroxylation sites is 1. The van der Waals surface area contributed by atoms with E-state index < -0.39 is 12.6 Å². The molecule has 1 N–H and O–H groups in total. The van der Waals surface area contributed by atoms with E-state index in [1.54, 1.807) is 24.0 Å². The van der Waals surface area contributed by atoms with Crippen molar-refractivity contribution in [1.82, 2.24) is 4.90 Å². The van der Waals surface area contributed by atoms with Crippen molar-refractivity contribution in [3.63, 3.8) is 0 Å². The van der Waals surface area contributed by atoms with Crippen LogP contribution in [0.15, 0.2) is 18.2 Å². The largest absolute Gasteiger partial charge is 0.507 e. The lowest BCUT2D eigenvalue weighted by atomic mass is 9.97. The summed E-state index contributed by atoms with van der Waals surface area (Å²) in [7, 11) is 1.35. The summed E-state index contributed by atoms with van der Waals surface area (Å²) < 4.78 is 9.69. The van der Waals surface area contributed by atoms with Crippen LogP contribution >= 0.6 is 0 Å². The molecule has 1 fully saturated rings. The van der Waals surface area contributed by atoms with Crippen LogP contribution in [0.3, 0.4) is 0 Å². The molecule has 1 aliphatic heterocycles. The SMILES string of the molecule is COC(=O)C1CCN(C(=O)COC(=O)c2cccc(C)c2O)CC1. The van der Waals surface area contributed by atoms with E-state index in [9.17, 15) is 19.5 Å². The first-order chi connectivity index (χ1) is 11.4. The van der Waals surface area contributed by atoms with Crippen molar-refractivity contribution in [2.24, 2.45) is 5.92 Å². The average molecular weight is 335 g/mol. The van der Waals surface area contributed by atoms with Gasteiger partial charge in [-0.05, 0) is 31.4 Å². The number of likely N-dealkylation sites (tertiary alicyclic amines) is 1. The second-order valence-electron chi connectivity index (χ2n) is 5.73. The topological polar surface area (TPSA) is 93.1 Å². The zero-order valence-electron chi connectivity index (χ0n) is 13.8. The highest BCUT2D eigenvalue weighted by atomic mass is 16.5. The van der Waals surface area contributed by atoms with Crippen LogP contribution in [0.5, 0.6) is 5.75 Å². The summed E-state index contributed by atoms with van der Waals surface area (Å²) in [4.78, 5) is 37.1. The van der Waals surface area contributed by atoms with E-state index in [2.05, 4.69) is 0 Å². The van der Waals surface area contributed by atoms with Crippen molar-refractivity contribution in [2.45, 2.75) is 19.8 Å². The van der Waals surface area contributed by atoms with Gasteiger partial charge in [-0.2, -0.15) is 0 Å². The van der Waals surface area contributed by atoms with Gasteiger partial charge in [0.15, 0.2) is 6.61 Å². The summed E-state index contributed by atoms with van der Waals surface area (Å²) in [5.41, 5.74) is 0.591. The minimum atomic E-state index is -0.742. The predicted molar refractivity (Wildman–Crippen MR) is 84.4 cm³/mol. The third-order valence-electron chi connectivity index (χ3n) is 4.17. The second kappa shape index (κ2) is 7.81. The Hall–Kier alpha value is -2.57. The Labute approximate surface area is 140 Å². The van der Waals surface area contributed by atoms with E-state index in [0.29, 0.717) is 31.5 Å². The van der Waals surface area contributed by atoms with Crippen LogP contribution in [0.25, 0.3) is 0 Å². The first kappa shape index (κ1) is 17.8. The van der Waals surface area contributed by atoms with Crippen LogP contribution < -0.4 is 0 Å². The Morgan fingerprint density at radius 2 is 1.92 bits per heavy atom. The second-order valence-corrected chi connectivity index (χ2v) is 5.73. The summed E-state index contributed by atoms with van der Waals surface area (Å²) >= 11 is 0. The molecule has 1 aromatic rings. The van der Waals surface area contributed by atoms with Gasteiger partial charge < -0.3 is 19.5 Å². The lowest BCUT2D eigenvalue weighted by molar-refractivity contribution is -0.149. The van der Waals surface area contributed by atoms with Crippen molar-refractivity contribution >= 4 is 17.8 Å². The molecule has 130 valence electrons. The van der Waals surface area contributed by atoms with Gasteiger partial charge in [-0.15, -0.1) is 0 Å². The fourth-order valence-corrected chi connectivity index (χ4v) is 2.65. The number of esters is 2. The number of aryl methyl sites for hydroxylation is 1. The number of phenols is 1. The lowest BCUT2D eigenvalue weighted by Crippen LogP contribution is -2.42. The number of hydrogen-bond acceptors (Lipinski definition) is 6. The maximum absolute atomic E-state index is 12.1. The van der Waals surface area contributed by atoms with Crippen LogP contribution in [0.1, 0.15) is 28.8 Å². The average Bonchev–Trinajstić information content (AvgIpc) is 2.61. The molecule has 1 aromatic carbocycles. The molecule has 0 spiro atoms. The van der Waals surface area contributed by atoms with Crippen molar-refractivity contribution < 1.29 is 29.0 Å². The minimum Gasteiger partial charge on any atom is -0.507 e. The maximum Gasteiger partial charge on any atom is 0.342 e. The van der Waals surface area contributed by atoms with Crippen molar-refractivity contribution in [2.75, 3.05) is 26.8 Å². The van der Waals surface area contributed by atoms with Gasteiger partial charge in [0, 0.05) is 13.1 Å². The van der Waals surface area contributed by atoms with Gasteiger partial charge in [-0.3, -0.25) is 9.59 Å². The van der Waals surface area contributed by atoms with Gasteiger partial charge >= 0.3 is 11.9 Å². The van der Waals surface area contributed by atoms with Crippen LogP contribution in [-0.4, -0.2) is 54.7 Å². The Balaban J connectivity index is 1.84. The molecule has 1 amide bonds. The number of hydrogen-bond donors (Lipinski definition) is 1. The van der Waals surface area contributed by atoms with E-state index in [1.807, 2.05) is 0 Å². The highest BCUT2D eigenvalue weighted by Gasteiger charge is 2.28. The molecule has 7 nitrogen and oxygen atoms in total. The number of methoxy groups -OCH3 is 1. The minimum absolute atomic E-state index is 0.0344. The predicted octanol–water partition coefficient (Wildman–Crippen LogP) is 1.27. The molecule has 1 heterocycles. The van der Waals surface area contributed by atoms with E-state index in [4.69, 9.17) is 9.47 Å². The molecule has 0 radical (unpaired) electrons. The molecule has 0 bridgehead atoms. The zero-order valence-corrected chi connectivity index (χ0v) is 13.8. The fourth-order valence-electron chi connectivity index (χ4n) is 2.65. The van der Waals surface area contributed by atoms with Crippen molar-refractivity contribution in [3.05, 3.63) is 29.3 Å². The number of ether oxygens (including phenoxy) is 2. The summed E-state index contributed by atoms with van der Waals surface area (Å²) in [6, 6.07) is 4.74. The Kier molecular flexibility index (Phi) is 5.78. The van der Waals surface area contributed by atoms with E-state index >= 15 is 0 Å². The molecule has 0 aliphatic carbocycles. The summed E-state index contributed by atoms with van der Waals surface area (Å²) in [6.07, 6.45) is 1.07. The Bertz CT molecular complexity index is 634. The Morgan fingerprint density at radius 3 is 2.54 bits per heavy atom. The molecular weight excluding hydrogens is 314 g/mol. The first-order valence-electron chi connectivity index (χ1n) is 7.75. The van der Waals surface area contributed by atoms with Gasteiger partial charge in [0.25, 0.3) is 5.91 Å². The van der Waals surface area contributed by atoms with Crippen LogP contribution in [-0.2, 0) is 19.1 Å². The normalized spacial score (nSPS) is 15.0. The Morgan fingerprint density at radius 1 is 1.25 bits per heavy atom. The molecule has 1 aliphatic rings. The number of carbonyl (C=O) groups is 3. The van der Waals surface area contributed by atoms with Crippen molar-refractivity contribution in [1.29, 1.82) is 0 Å². The molecule has 2 rings (SSSR count). The van der Waals surface area contributed by atoms with Gasteiger partial charge in [-0.1, -0.05) is 12.1 Å². The molecule has 0 atom stereocenters. The number of rotatable bonds is 4. The third-order valence-corrected chi connectivity index (χ3v) is 4.17. The summed E-state index contributed by atoms with van der Waals surface area (Å²) in [5.74, 6) is -1.66.